The van der Waals surface area contributed by atoms with Crippen molar-refractivity contribution in [3.05, 3.63) is 59.4 Å². The van der Waals surface area contributed by atoms with Crippen LogP contribution in [0.1, 0.15) is 18.4 Å². The fourth-order valence-electron chi connectivity index (χ4n) is 4.19. The molecule has 0 spiro atoms. The number of fused-ring (bicyclic) bond motifs is 3. The molecular weight excluding hydrogens is 457 g/mol. The third kappa shape index (κ3) is 3.07. The highest BCUT2D eigenvalue weighted by Gasteiger charge is 2.29. The van der Waals surface area contributed by atoms with Crippen LogP contribution < -0.4 is 10.5 Å². The van der Waals surface area contributed by atoms with Crippen LogP contribution >= 0.6 is 11.6 Å². The van der Waals surface area contributed by atoms with Gasteiger partial charge in [0.2, 0.25) is 0 Å². The van der Waals surface area contributed by atoms with Gasteiger partial charge in [0, 0.05) is 18.7 Å². The lowest BCUT2D eigenvalue weighted by molar-refractivity contribution is 0.302. The molecule has 0 amide bonds. The lowest BCUT2D eigenvalue weighted by Crippen LogP contribution is -2.05. The summed E-state index contributed by atoms with van der Waals surface area (Å²) in [5.74, 6) is -0.0772. The van der Waals surface area contributed by atoms with Crippen LogP contribution in [0, 0.1) is 17.1 Å². The van der Waals surface area contributed by atoms with Crippen molar-refractivity contribution < 1.29 is 9.13 Å². The smallest absolute Gasteiger partial charge is 0.152 e. The number of hydrogen-bond donors (Lipinski definition) is 1. The van der Waals surface area contributed by atoms with E-state index >= 15 is 4.39 Å². The Morgan fingerprint density at radius 3 is 2.82 bits per heavy atom. The standard InChI is InChI=1S/C24H17ClFN7O/c1-32-23(21-14(8-27)20(34-13-3-4-13)7-16(25)22(21)26)15(9-30-32)12-2-5-18-17(6-12)31-24(28)19-10-29-11-33(18)19/h2,5-7,9-11,13H,3-4H2,1H3,(H2,28,31). The molecular formula is C24H17ClFN7O. The van der Waals surface area contributed by atoms with E-state index in [1.165, 1.54) is 10.7 Å². The van der Waals surface area contributed by atoms with Crippen molar-refractivity contribution in [2.45, 2.75) is 18.9 Å². The number of benzene rings is 2. The number of nitrogen functional groups attached to an aromatic ring is 1. The maximum atomic E-state index is 15.4. The summed E-state index contributed by atoms with van der Waals surface area (Å²) in [6.07, 6.45) is 6.75. The number of imidazole rings is 1. The molecule has 0 aliphatic heterocycles. The van der Waals surface area contributed by atoms with E-state index in [-0.39, 0.29) is 28.0 Å². The number of halogens is 2. The van der Waals surface area contributed by atoms with E-state index in [4.69, 9.17) is 22.1 Å². The average Bonchev–Trinajstić information content (AvgIpc) is 3.34. The Morgan fingerprint density at radius 1 is 1.24 bits per heavy atom. The Hall–Kier alpha value is -4.16. The van der Waals surface area contributed by atoms with E-state index < -0.39 is 5.82 Å². The van der Waals surface area contributed by atoms with Crippen LogP contribution in [0.2, 0.25) is 5.02 Å². The fraction of sp³-hybridized carbons (Fsp3) is 0.167. The summed E-state index contributed by atoms with van der Waals surface area (Å²) in [7, 11) is 1.69. The number of ether oxygens (including phenoxy) is 1. The molecule has 34 heavy (non-hydrogen) atoms. The Kier molecular flexibility index (Phi) is 4.47. The van der Waals surface area contributed by atoms with Gasteiger partial charge < -0.3 is 10.5 Å². The normalized spacial score (nSPS) is 13.5. The van der Waals surface area contributed by atoms with Crippen LogP contribution in [0.4, 0.5) is 10.2 Å². The number of anilines is 1. The molecule has 0 bridgehead atoms. The molecule has 0 radical (unpaired) electrons. The van der Waals surface area contributed by atoms with Gasteiger partial charge in [-0.05, 0) is 30.5 Å². The minimum atomic E-state index is -0.700. The molecule has 10 heteroatoms. The number of hydrogen-bond acceptors (Lipinski definition) is 6. The van der Waals surface area contributed by atoms with E-state index in [0.717, 1.165) is 23.9 Å². The van der Waals surface area contributed by atoms with Crippen LogP contribution in [0.25, 0.3) is 38.9 Å². The Balaban J connectivity index is 1.58. The molecule has 0 unspecified atom stereocenters. The van der Waals surface area contributed by atoms with Crippen molar-refractivity contribution in [3.63, 3.8) is 0 Å². The summed E-state index contributed by atoms with van der Waals surface area (Å²) >= 11 is 6.23. The van der Waals surface area contributed by atoms with E-state index in [1.54, 1.807) is 25.8 Å². The van der Waals surface area contributed by atoms with E-state index in [0.29, 0.717) is 28.1 Å². The zero-order chi connectivity index (χ0) is 23.6. The third-order valence-corrected chi connectivity index (χ3v) is 6.25. The van der Waals surface area contributed by atoms with Crippen molar-refractivity contribution in [2.75, 3.05) is 5.73 Å². The van der Waals surface area contributed by atoms with Crippen molar-refractivity contribution in [3.8, 4) is 34.2 Å². The van der Waals surface area contributed by atoms with Gasteiger partial charge in [0.05, 0.1) is 52.1 Å². The Labute approximate surface area is 198 Å². The molecule has 2 N–H and O–H groups in total. The molecule has 3 heterocycles. The SMILES string of the molecule is Cn1ncc(-c2ccc3c(c2)nc(N)c2cncn23)c1-c1c(F)c(Cl)cc(OC2CC2)c1C#N. The molecule has 1 fully saturated rings. The second-order valence-electron chi connectivity index (χ2n) is 8.23. The Morgan fingerprint density at radius 2 is 2.06 bits per heavy atom. The third-order valence-electron chi connectivity index (χ3n) is 5.98. The van der Waals surface area contributed by atoms with Gasteiger partial charge in [0.25, 0.3) is 0 Å². The van der Waals surface area contributed by atoms with Crippen LogP contribution in [0.5, 0.6) is 5.75 Å². The average molecular weight is 474 g/mol. The number of aromatic nitrogens is 5. The van der Waals surface area contributed by atoms with Crippen LogP contribution in [-0.4, -0.2) is 30.3 Å². The van der Waals surface area contributed by atoms with Crippen LogP contribution in [-0.2, 0) is 7.05 Å². The molecule has 3 aromatic heterocycles. The summed E-state index contributed by atoms with van der Waals surface area (Å²) in [6, 6.07) is 9.10. The number of aryl methyl sites for hydroxylation is 1. The number of rotatable bonds is 4. The van der Waals surface area contributed by atoms with Crippen molar-refractivity contribution >= 4 is 34.0 Å². The molecule has 5 aromatic rings. The fourth-order valence-corrected chi connectivity index (χ4v) is 4.38. The molecule has 1 aliphatic rings. The largest absolute Gasteiger partial charge is 0.489 e. The van der Waals surface area contributed by atoms with Crippen molar-refractivity contribution in [1.29, 1.82) is 5.26 Å². The quantitative estimate of drug-likeness (QED) is 0.404. The van der Waals surface area contributed by atoms with Gasteiger partial charge in [0.1, 0.15) is 28.7 Å². The molecule has 1 saturated carbocycles. The lowest BCUT2D eigenvalue weighted by atomic mass is 9.96. The second kappa shape index (κ2) is 7.43. The van der Waals surface area contributed by atoms with E-state index in [1.807, 2.05) is 22.6 Å². The first kappa shape index (κ1) is 20.4. The van der Waals surface area contributed by atoms with Gasteiger partial charge in [-0.25, -0.2) is 14.4 Å². The van der Waals surface area contributed by atoms with Gasteiger partial charge in [-0.2, -0.15) is 10.4 Å². The van der Waals surface area contributed by atoms with Crippen molar-refractivity contribution in [1.82, 2.24) is 24.1 Å². The maximum Gasteiger partial charge on any atom is 0.152 e. The summed E-state index contributed by atoms with van der Waals surface area (Å²) in [5, 5.41) is 14.2. The summed E-state index contributed by atoms with van der Waals surface area (Å²) < 4.78 is 24.7. The summed E-state index contributed by atoms with van der Waals surface area (Å²) in [5.41, 5.74) is 10.2. The zero-order valence-corrected chi connectivity index (χ0v) is 18.7. The maximum absolute atomic E-state index is 15.4. The summed E-state index contributed by atoms with van der Waals surface area (Å²) in [6.45, 7) is 0. The minimum Gasteiger partial charge on any atom is -0.489 e. The number of nitrogens with zero attached hydrogens (tertiary/aromatic N) is 6. The first-order valence-electron chi connectivity index (χ1n) is 10.6. The van der Waals surface area contributed by atoms with E-state index in [2.05, 4.69) is 21.1 Å². The topological polar surface area (TPSA) is 107 Å². The molecule has 6 rings (SSSR count). The van der Waals surface area contributed by atoms with Crippen LogP contribution in [0.15, 0.2) is 43.0 Å². The van der Waals surface area contributed by atoms with Gasteiger partial charge in [-0.15, -0.1) is 0 Å². The summed E-state index contributed by atoms with van der Waals surface area (Å²) in [4.78, 5) is 8.67. The van der Waals surface area contributed by atoms with Crippen molar-refractivity contribution in [2.24, 2.45) is 7.05 Å². The van der Waals surface area contributed by atoms with Gasteiger partial charge in [-0.1, -0.05) is 17.7 Å². The highest BCUT2D eigenvalue weighted by Crippen LogP contribution is 2.43. The zero-order valence-electron chi connectivity index (χ0n) is 18.0. The molecule has 0 saturated heterocycles. The predicted octanol–water partition coefficient (Wildman–Crippen LogP) is 4.74. The molecule has 1 aliphatic carbocycles. The first-order valence-corrected chi connectivity index (χ1v) is 11.0. The second-order valence-corrected chi connectivity index (χ2v) is 8.64. The first-order chi connectivity index (χ1) is 16.5. The highest BCUT2D eigenvalue weighted by molar-refractivity contribution is 6.31. The number of nitrogens with two attached hydrogens (primary N) is 1. The van der Waals surface area contributed by atoms with Gasteiger partial charge in [-0.3, -0.25) is 9.08 Å². The molecule has 168 valence electrons. The van der Waals surface area contributed by atoms with E-state index in [9.17, 15) is 5.26 Å². The minimum absolute atomic E-state index is 0.0181. The molecule has 8 nitrogen and oxygen atoms in total. The lowest BCUT2D eigenvalue weighted by Gasteiger charge is -2.15. The van der Waals surface area contributed by atoms with Crippen LogP contribution in [0.3, 0.4) is 0 Å². The molecule has 0 atom stereocenters. The predicted molar refractivity (Wildman–Crippen MR) is 126 cm³/mol. The number of nitriles is 1. The highest BCUT2D eigenvalue weighted by atomic mass is 35.5. The van der Waals surface area contributed by atoms with Gasteiger partial charge in [0.15, 0.2) is 5.82 Å². The monoisotopic (exact) mass is 473 g/mol. The van der Waals surface area contributed by atoms with Gasteiger partial charge >= 0.3 is 0 Å². The Bertz CT molecular complexity index is 1660. The molecule has 2 aromatic carbocycles.